The molecule has 4 aromatic heterocycles. The molecule has 216 valence electrons. The molecule has 9 rings (SSSR count). The Labute approximate surface area is 260 Å². The summed E-state index contributed by atoms with van der Waals surface area (Å²) >= 11 is 0. The molecular weight excluding hydrogens is 552 g/mol. The first-order valence-corrected chi connectivity index (χ1v) is 15.3. The zero-order valence-corrected chi connectivity index (χ0v) is 25.3. The molecule has 0 fully saturated rings. The number of fused-ring (bicyclic) bond motifs is 11. The molecule has 0 aliphatic carbocycles. The largest absolute Gasteiger partial charge is 0.457 e. The lowest BCUT2D eigenvalue weighted by molar-refractivity contribution is 0.484. The molecule has 45 heavy (non-hydrogen) atoms. The lowest BCUT2D eigenvalue weighted by Crippen LogP contribution is -2.11. The van der Waals surface area contributed by atoms with E-state index in [0.717, 1.165) is 61.2 Å². The van der Waals surface area contributed by atoms with Crippen molar-refractivity contribution in [1.82, 2.24) is 18.9 Å². The molecule has 5 heteroatoms. The van der Waals surface area contributed by atoms with Gasteiger partial charge in [0.05, 0.1) is 27.6 Å². The molecule has 9 aromatic rings. The molecule has 0 saturated heterocycles. The highest BCUT2D eigenvalue weighted by molar-refractivity contribution is 6.14. The molecule has 5 aromatic carbocycles. The SMILES string of the molecule is CC(C)(C)c1ccc2c3ccc(Oc4ccc5c6ccccc6n(-c6ccccn6)c5c4)cc3c3nc4ccccc4n3c2c1. The summed E-state index contributed by atoms with van der Waals surface area (Å²) in [7, 11) is 0. The zero-order chi connectivity index (χ0) is 30.3. The van der Waals surface area contributed by atoms with Gasteiger partial charge in [-0.1, -0.05) is 69.3 Å². The first kappa shape index (κ1) is 25.8. The van der Waals surface area contributed by atoms with E-state index < -0.39 is 0 Å². The molecule has 0 spiro atoms. The van der Waals surface area contributed by atoms with E-state index in [-0.39, 0.29) is 5.41 Å². The van der Waals surface area contributed by atoms with Gasteiger partial charge in [-0.15, -0.1) is 0 Å². The van der Waals surface area contributed by atoms with Gasteiger partial charge in [0.25, 0.3) is 0 Å². The van der Waals surface area contributed by atoms with Crippen molar-refractivity contribution in [3.05, 3.63) is 133 Å². The number of hydrogen-bond donors (Lipinski definition) is 0. The minimum absolute atomic E-state index is 0.0347. The third-order valence-corrected chi connectivity index (χ3v) is 8.95. The Morgan fingerprint density at radius 3 is 2.07 bits per heavy atom. The van der Waals surface area contributed by atoms with Crippen molar-refractivity contribution in [1.29, 1.82) is 0 Å². The van der Waals surface area contributed by atoms with Crippen molar-refractivity contribution in [3.8, 4) is 17.3 Å². The minimum Gasteiger partial charge on any atom is -0.457 e. The maximum absolute atomic E-state index is 6.61. The van der Waals surface area contributed by atoms with E-state index in [1.165, 1.54) is 21.9 Å². The molecule has 0 atom stereocenters. The van der Waals surface area contributed by atoms with Gasteiger partial charge in [-0.05, 0) is 83.1 Å². The number of nitrogens with zero attached hydrogens (tertiary/aromatic N) is 4. The molecule has 0 unspecified atom stereocenters. The Hall–Kier alpha value is -5.68. The van der Waals surface area contributed by atoms with Crippen LogP contribution in [0.5, 0.6) is 11.5 Å². The van der Waals surface area contributed by atoms with Crippen LogP contribution in [-0.2, 0) is 5.41 Å². The third kappa shape index (κ3) is 3.94. The number of ether oxygens (including phenoxy) is 1. The monoisotopic (exact) mass is 582 g/mol. The van der Waals surface area contributed by atoms with Gasteiger partial charge >= 0.3 is 0 Å². The molecule has 0 bridgehead atoms. The Morgan fingerprint density at radius 2 is 1.24 bits per heavy atom. The first-order chi connectivity index (χ1) is 21.9. The summed E-state index contributed by atoms with van der Waals surface area (Å²) in [5.41, 5.74) is 7.68. The molecule has 0 N–H and O–H groups in total. The normalized spacial score (nSPS) is 12.3. The molecular formula is C40H30N4O. The highest BCUT2D eigenvalue weighted by atomic mass is 16.5. The van der Waals surface area contributed by atoms with Crippen LogP contribution in [0.2, 0.25) is 0 Å². The second-order valence-corrected chi connectivity index (χ2v) is 12.8. The van der Waals surface area contributed by atoms with Gasteiger partial charge in [-0.3, -0.25) is 8.97 Å². The molecule has 4 heterocycles. The second-order valence-electron chi connectivity index (χ2n) is 12.8. The lowest BCUT2D eigenvalue weighted by atomic mass is 9.86. The van der Waals surface area contributed by atoms with Crippen molar-refractivity contribution in [2.45, 2.75) is 26.2 Å². The van der Waals surface area contributed by atoms with Crippen LogP contribution in [-0.4, -0.2) is 18.9 Å². The van der Waals surface area contributed by atoms with E-state index in [2.05, 4.69) is 138 Å². The molecule has 0 amide bonds. The topological polar surface area (TPSA) is 44.3 Å². The van der Waals surface area contributed by atoms with Crippen LogP contribution in [0.4, 0.5) is 0 Å². The number of hydrogen-bond acceptors (Lipinski definition) is 3. The van der Waals surface area contributed by atoms with E-state index in [1.807, 2.05) is 24.4 Å². The van der Waals surface area contributed by atoms with Crippen molar-refractivity contribution in [2.75, 3.05) is 0 Å². The lowest BCUT2D eigenvalue weighted by Gasteiger charge is -2.20. The van der Waals surface area contributed by atoms with Gasteiger partial charge < -0.3 is 4.74 Å². The predicted molar refractivity (Wildman–Crippen MR) is 185 cm³/mol. The summed E-state index contributed by atoms with van der Waals surface area (Å²) in [5.74, 6) is 2.41. The number of pyridine rings is 2. The van der Waals surface area contributed by atoms with Gasteiger partial charge in [-0.25, -0.2) is 9.97 Å². The van der Waals surface area contributed by atoms with Gasteiger partial charge in [0.2, 0.25) is 0 Å². The fourth-order valence-electron chi connectivity index (χ4n) is 6.75. The maximum atomic E-state index is 6.61. The number of aromatic nitrogens is 4. The van der Waals surface area contributed by atoms with Crippen LogP contribution in [0.1, 0.15) is 26.3 Å². The highest BCUT2D eigenvalue weighted by Gasteiger charge is 2.19. The molecule has 0 aliphatic heterocycles. The number of para-hydroxylation sites is 3. The van der Waals surface area contributed by atoms with E-state index >= 15 is 0 Å². The van der Waals surface area contributed by atoms with Crippen LogP contribution in [0.15, 0.2) is 128 Å². The summed E-state index contributed by atoms with van der Waals surface area (Å²) in [4.78, 5) is 9.81. The van der Waals surface area contributed by atoms with Crippen molar-refractivity contribution in [3.63, 3.8) is 0 Å². The minimum atomic E-state index is 0.0347. The van der Waals surface area contributed by atoms with Gasteiger partial charge in [0, 0.05) is 33.8 Å². The third-order valence-electron chi connectivity index (χ3n) is 8.95. The molecule has 0 radical (unpaired) electrons. The van der Waals surface area contributed by atoms with Crippen LogP contribution in [0.25, 0.3) is 66.0 Å². The van der Waals surface area contributed by atoms with E-state index in [0.29, 0.717) is 0 Å². The van der Waals surface area contributed by atoms with Crippen LogP contribution in [0, 0.1) is 0 Å². The van der Waals surface area contributed by atoms with Crippen molar-refractivity contribution < 1.29 is 4.74 Å². The quantitative estimate of drug-likeness (QED) is 0.195. The fraction of sp³-hybridized carbons (Fsp3) is 0.100. The number of benzene rings is 5. The van der Waals surface area contributed by atoms with E-state index in [9.17, 15) is 0 Å². The van der Waals surface area contributed by atoms with Crippen molar-refractivity contribution >= 4 is 60.2 Å². The Bertz CT molecular complexity index is 2600. The average Bonchev–Trinajstić information content (AvgIpc) is 3.61. The second kappa shape index (κ2) is 9.41. The molecule has 5 nitrogen and oxygen atoms in total. The van der Waals surface area contributed by atoms with Gasteiger partial charge in [0.1, 0.15) is 23.0 Å². The predicted octanol–water partition coefficient (Wildman–Crippen LogP) is 10.4. The molecule has 0 saturated carbocycles. The zero-order valence-electron chi connectivity index (χ0n) is 25.3. The van der Waals surface area contributed by atoms with Crippen LogP contribution in [0.3, 0.4) is 0 Å². The summed E-state index contributed by atoms with van der Waals surface area (Å²) in [6.45, 7) is 6.78. The first-order valence-electron chi connectivity index (χ1n) is 15.3. The highest BCUT2D eigenvalue weighted by Crippen LogP contribution is 2.39. The van der Waals surface area contributed by atoms with Crippen LogP contribution < -0.4 is 4.74 Å². The summed E-state index contributed by atoms with van der Waals surface area (Å²) < 4.78 is 11.1. The number of rotatable bonds is 3. The Balaban J connectivity index is 1.24. The summed E-state index contributed by atoms with van der Waals surface area (Å²) in [5, 5.41) is 5.76. The summed E-state index contributed by atoms with van der Waals surface area (Å²) in [6.07, 6.45) is 1.83. The van der Waals surface area contributed by atoms with Gasteiger partial charge in [-0.2, -0.15) is 0 Å². The smallest absolute Gasteiger partial charge is 0.146 e. The molecule has 0 aliphatic rings. The maximum Gasteiger partial charge on any atom is 0.146 e. The average molecular weight is 583 g/mol. The summed E-state index contributed by atoms with van der Waals surface area (Å²) in [6, 6.07) is 42.4. The van der Waals surface area contributed by atoms with Crippen molar-refractivity contribution in [2.24, 2.45) is 0 Å². The standard InChI is InChI=1S/C40H30N4O/c1-40(2,3)25-15-18-30-28-19-16-26(23-32(28)39-42-33-11-5-7-13-35(33)44(39)36(30)22-25)45-27-17-20-31-29-10-4-6-12-34(29)43(37(31)24-27)38-14-8-9-21-41-38/h4-24H,1-3H3. The fourth-order valence-corrected chi connectivity index (χ4v) is 6.75. The van der Waals surface area contributed by atoms with Crippen LogP contribution >= 0.6 is 0 Å². The van der Waals surface area contributed by atoms with Gasteiger partial charge in [0.15, 0.2) is 0 Å². The Kier molecular flexibility index (Phi) is 5.39. The van der Waals surface area contributed by atoms with E-state index in [4.69, 9.17) is 9.72 Å². The Morgan fingerprint density at radius 1 is 0.556 bits per heavy atom. The van der Waals surface area contributed by atoms with E-state index in [1.54, 1.807) is 0 Å². The number of imidazole rings is 1.